The first-order valence-electron chi connectivity index (χ1n) is 15.9. The largest absolute Gasteiger partial charge is 0.481 e. The van der Waals surface area contributed by atoms with Crippen LogP contribution in [0.5, 0.6) is 0 Å². The SMILES string of the molecule is CC(C)(C)c1cccc(S(=O)(=O)C23CCN(CC(=O)C4CCC(C(=O)O)CC4)C2CCc2cc(C(F)(C(F)(F)F)C(F)(F)F)ccc23)c1. The fourth-order valence-corrected chi connectivity index (χ4v) is 10.3. The summed E-state index contributed by atoms with van der Waals surface area (Å²) in [5, 5.41) is 9.32. The lowest BCUT2D eigenvalue weighted by Crippen LogP contribution is -2.53. The summed E-state index contributed by atoms with van der Waals surface area (Å²) in [6.45, 7) is 5.60. The number of sulfone groups is 1. The number of likely N-dealkylation sites (tertiary alicyclic amines) is 1. The summed E-state index contributed by atoms with van der Waals surface area (Å²) in [5.41, 5.74) is -7.27. The second kappa shape index (κ2) is 12.1. The van der Waals surface area contributed by atoms with Gasteiger partial charge in [-0.3, -0.25) is 14.5 Å². The highest BCUT2D eigenvalue weighted by atomic mass is 32.2. The highest BCUT2D eigenvalue weighted by molar-refractivity contribution is 7.92. The van der Waals surface area contributed by atoms with Gasteiger partial charge in [0, 0.05) is 24.1 Å². The molecule has 14 heteroatoms. The Morgan fingerprint density at radius 2 is 1.46 bits per heavy atom. The highest BCUT2D eigenvalue weighted by Gasteiger charge is 2.73. The Kier molecular flexibility index (Phi) is 9.15. The van der Waals surface area contributed by atoms with E-state index in [2.05, 4.69) is 0 Å². The van der Waals surface area contributed by atoms with Gasteiger partial charge >= 0.3 is 24.0 Å². The highest BCUT2D eigenvalue weighted by Crippen LogP contribution is 2.57. The molecular formula is C34H38F7NO5S. The van der Waals surface area contributed by atoms with Crippen LogP contribution in [0.4, 0.5) is 30.7 Å². The van der Waals surface area contributed by atoms with Crippen molar-refractivity contribution in [3.8, 4) is 0 Å². The van der Waals surface area contributed by atoms with Gasteiger partial charge in [0.1, 0.15) is 10.5 Å². The lowest BCUT2D eigenvalue weighted by molar-refractivity contribution is -0.348. The predicted molar refractivity (Wildman–Crippen MR) is 162 cm³/mol. The number of carbonyl (C=O) groups is 2. The number of hydrogen-bond donors (Lipinski definition) is 1. The van der Waals surface area contributed by atoms with Crippen molar-refractivity contribution in [3.63, 3.8) is 0 Å². The molecule has 0 radical (unpaired) electrons. The van der Waals surface area contributed by atoms with Gasteiger partial charge in [0.15, 0.2) is 9.84 Å². The summed E-state index contributed by atoms with van der Waals surface area (Å²) in [7, 11) is -4.43. The van der Waals surface area contributed by atoms with Crippen LogP contribution in [0.2, 0.25) is 0 Å². The zero-order valence-electron chi connectivity index (χ0n) is 26.7. The van der Waals surface area contributed by atoms with Crippen LogP contribution in [0.25, 0.3) is 0 Å². The maximum atomic E-state index is 15.1. The number of carbonyl (C=O) groups excluding carboxylic acids is 1. The van der Waals surface area contributed by atoms with Crippen molar-refractivity contribution in [3.05, 3.63) is 64.7 Å². The molecule has 3 aliphatic rings. The summed E-state index contributed by atoms with van der Waals surface area (Å²) in [6.07, 6.45) is -11.5. The van der Waals surface area contributed by atoms with Crippen LogP contribution in [0.3, 0.4) is 0 Å². The van der Waals surface area contributed by atoms with E-state index in [1.54, 1.807) is 17.0 Å². The molecule has 2 aromatic rings. The van der Waals surface area contributed by atoms with E-state index in [1.165, 1.54) is 12.1 Å². The maximum Gasteiger partial charge on any atom is 0.435 e. The minimum atomic E-state index is -6.33. The molecule has 2 aromatic carbocycles. The zero-order chi connectivity index (χ0) is 35.7. The molecule has 1 N–H and O–H groups in total. The van der Waals surface area contributed by atoms with E-state index in [0.717, 1.165) is 6.07 Å². The summed E-state index contributed by atoms with van der Waals surface area (Å²) in [5.74, 6) is -2.07. The Bertz CT molecular complexity index is 1680. The Labute approximate surface area is 274 Å². The monoisotopic (exact) mass is 705 g/mol. The van der Waals surface area contributed by atoms with Gasteiger partial charge in [0.25, 0.3) is 0 Å². The maximum absolute atomic E-state index is 15.1. The first-order chi connectivity index (χ1) is 22.1. The number of fused-ring (bicyclic) bond motifs is 3. The molecule has 2 fully saturated rings. The van der Waals surface area contributed by atoms with Crippen molar-refractivity contribution >= 4 is 21.6 Å². The van der Waals surface area contributed by atoms with E-state index in [4.69, 9.17) is 0 Å². The standard InChI is InChI=1S/C34H38F7NO5S/c1-30(2,3)23-5-4-6-25(18-23)48(46,47)31-15-16-42(19-27(43)20-7-9-21(10-8-20)29(44)45)28(31)14-11-22-17-24(12-13-26(22)31)32(35,33(36,37)38)34(39,40)41/h4-6,12-13,17-18,20-21,28H,7-11,14-16,19H2,1-3H3,(H,44,45). The van der Waals surface area contributed by atoms with Gasteiger partial charge in [0.05, 0.1) is 17.4 Å². The number of rotatable bonds is 7. The van der Waals surface area contributed by atoms with Gasteiger partial charge in [-0.25, -0.2) is 12.8 Å². The quantitative estimate of drug-likeness (QED) is 0.302. The van der Waals surface area contributed by atoms with Crippen molar-refractivity contribution in [2.45, 2.75) is 105 Å². The second-order valence-electron chi connectivity index (χ2n) is 14.3. The number of benzene rings is 2. The van der Waals surface area contributed by atoms with Crippen LogP contribution in [-0.2, 0) is 41.7 Å². The predicted octanol–water partition coefficient (Wildman–Crippen LogP) is 7.42. The second-order valence-corrected chi connectivity index (χ2v) is 16.5. The molecule has 1 saturated carbocycles. The average molecular weight is 706 g/mol. The third kappa shape index (κ3) is 5.84. The number of carboxylic acid groups (broad SMARTS) is 1. The van der Waals surface area contributed by atoms with E-state index < -0.39 is 67.4 Å². The van der Waals surface area contributed by atoms with Gasteiger partial charge < -0.3 is 5.11 Å². The molecule has 0 amide bonds. The molecule has 0 aromatic heterocycles. The van der Waals surface area contributed by atoms with Crippen molar-refractivity contribution in [1.29, 1.82) is 0 Å². The molecule has 2 unspecified atom stereocenters. The Balaban J connectivity index is 1.60. The molecule has 5 rings (SSSR count). The minimum Gasteiger partial charge on any atom is -0.481 e. The van der Waals surface area contributed by atoms with Crippen molar-refractivity contribution in [2.75, 3.05) is 13.1 Å². The molecule has 264 valence electrons. The molecule has 1 aliphatic heterocycles. The first-order valence-corrected chi connectivity index (χ1v) is 17.3. The van der Waals surface area contributed by atoms with Gasteiger partial charge in [-0.15, -0.1) is 0 Å². The van der Waals surface area contributed by atoms with E-state index in [0.29, 0.717) is 43.4 Å². The van der Waals surface area contributed by atoms with E-state index in [-0.39, 0.29) is 54.2 Å². The summed E-state index contributed by atoms with van der Waals surface area (Å²) < 4.78 is 125. The van der Waals surface area contributed by atoms with Gasteiger partial charge in [-0.2, -0.15) is 26.3 Å². The van der Waals surface area contributed by atoms with E-state index in [9.17, 15) is 49.5 Å². The zero-order valence-corrected chi connectivity index (χ0v) is 27.5. The van der Waals surface area contributed by atoms with Crippen molar-refractivity contribution in [1.82, 2.24) is 4.90 Å². The molecule has 48 heavy (non-hydrogen) atoms. The molecule has 6 nitrogen and oxygen atoms in total. The third-order valence-corrected chi connectivity index (χ3v) is 13.1. The molecule has 2 atom stereocenters. The summed E-state index contributed by atoms with van der Waals surface area (Å²) in [4.78, 5) is 26.5. The number of alkyl halides is 7. The van der Waals surface area contributed by atoms with Crippen LogP contribution >= 0.6 is 0 Å². The molecule has 1 saturated heterocycles. The number of hydrogen-bond acceptors (Lipinski definition) is 5. The number of Topliss-reactive ketones (excluding diaryl/α,β-unsaturated/α-hetero) is 1. The smallest absolute Gasteiger partial charge is 0.435 e. The van der Waals surface area contributed by atoms with Crippen LogP contribution in [0.15, 0.2) is 47.4 Å². The fourth-order valence-electron chi connectivity index (χ4n) is 7.84. The van der Waals surface area contributed by atoms with Crippen LogP contribution in [0, 0.1) is 11.8 Å². The average Bonchev–Trinajstić information content (AvgIpc) is 3.39. The Morgan fingerprint density at radius 1 is 0.854 bits per heavy atom. The summed E-state index contributed by atoms with van der Waals surface area (Å²) >= 11 is 0. The third-order valence-electron chi connectivity index (χ3n) is 10.6. The number of aliphatic carboxylic acids is 1. The number of ketones is 1. The van der Waals surface area contributed by atoms with E-state index in [1.807, 2.05) is 20.8 Å². The molecule has 1 heterocycles. The van der Waals surface area contributed by atoms with Gasteiger partial charge in [-0.05, 0) is 79.2 Å². The van der Waals surface area contributed by atoms with Crippen molar-refractivity contribution < 1.29 is 53.8 Å². The molecular weight excluding hydrogens is 667 g/mol. The normalized spacial score (nSPS) is 25.8. The van der Waals surface area contributed by atoms with Crippen molar-refractivity contribution in [2.24, 2.45) is 11.8 Å². The Hall–Kier alpha value is -3.00. The first kappa shape index (κ1) is 36.3. The van der Waals surface area contributed by atoms with Crippen LogP contribution < -0.4 is 0 Å². The van der Waals surface area contributed by atoms with E-state index >= 15 is 4.39 Å². The summed E-state index contributed by atoms with van der Waals surface area (Å²) in [6, 6.07) is 7.11. The molecule has 2 aliphatic carbocycles. The number of carboxylic acids is 1. The number of halogens is 7. The lowest BCUT2D eigenvalue weighted by Gasteiger charge is -2.43. The Morgan fingerprint density at radius 3 is 2.02 bits per heavy atom. The fraction of sp³-hybridized carbons (Fsp3) is 0.588. The van der Waals surface area contributed by atoms with Crippen LogP contribution in [-0.4, -0.2) is 61.7 Å². The lowest BCUT2D eigenvalue weighted by atomic mass is 9.76. The van der Waals surface area contributed by atoms with Crippen LogP contribution in [0.1, 0.15) is 81.5 Å². The number of aryl methyl sites for hydroxylation is 1. The minimum absolute atomic E-state index is 0.00715. The van der Waals surface area contributed by atoms with Gasteiger partial charge in [-0.1, -0.05) is 51.1 Å². The molecule has 0 bridgehead atoms. The van der Waals surface area contributed by atoms with Gasteiger partial charge in [0.2, 0.25) is 0 Å². The number of nitrogens with zero attached hydrogens (tertiary/aromatic N) is 1. The molecule has 0 spiro atoms. The topological polar surface area (TPSA) is 91.8 Å².